The molecule has 0 unspecified atom stereocenters. The van der Waals surface area contributed by atoms with Gasteiger partial charge in [-0.2, -0.15) is 5.10 Å². The van der Waals surface area contributed by atoms with Crippen LogP contribution in [-0.2, 0) is 0 Å². The Morgan fingerprint density at radius 1 is 1.26 bits per heavy atom. The lowest BCUT2D eigenvalue weighted by Gasteiger charge is -2.03. The molecule has 0 fully saturated rings. The minimum Gasteiger partial charge on any atom is -0.359 e. The van der Waals surface area contributed by atoms with Crippen molar-refractivity contribution >= 4 is 11.0 Å². The smallest absolute Gasteiger partial charge is 0.262 e. The first-order valence-electron chi connectivity index (χ1n) is 5.68. The zero-order valence-corrected chi connectivity index (χ0v) is 9.64. The summed E-state index contributed by atoms with van der Waals surface area (Å²) in [4.78, 5) is 26.3. The molecule has 3 N–H and O–H groups in total. The van der Waals surface area contributed by atoms with E-state index in [-0.39, 0.29) is 5.56 Å². The van der Waals surface area contributed by atoms with Crippen molar-refractivity contribution in [2.24, 2.45) is 0 Å². The van der Waals surface area contributed by atoms with Gasteiger partial charge in [-0.05, 0) is 12.1 Å². The van der Waals surface area contributed by atoms with Crippen molar-refractivity contribution in [3.63, 3.8) is 0 Å². The summed E-state index contributed by atoms with van der Waals surface area (Å²) in [5.41, 5.74) is 2.77. The van der Waals surface area contributed by atoms with Crippen molar-refractivity contribution in [2.45, 2.75) is 0 Å². The van der Waals surface area contributed by atoms with E-state index in [2.05, 4.69) is 30.1 Å². The molecule has 0 amide bonds. The number of H-pyrrole nitrogens is 3. The van der Waals surface area contributed by atoms with Crippen LogP contribution in [0, 0.1) is 0 Å². The number of hydrogen-bond donors (Lipinski definition) is 3. The highest BCUT2D eigenvalue weighted by molar-refractivity contribution is 5.75. The summed E-state index contributed by atoms with van der Waals surface area (Å²) in [5, 5.41) is 6.95. The summed E-state index contributed by atoms with van der Waals surface area (Å²) in [6.45, 7) is 0. The summed E-state index contributed by atoms with van der Waals surface area (Å²) in [6, 6.07) is 3.75. The number of nitrogens with zero attached hydrogens (tertiary/aromatic N) is 3. The molecule has 0 aromatic carbocycles. The van der Waals surface area contributed by atoms with Gasteiger partial charge in [0.15, 0.2) is 5.65 Å². The zero-order valence-electron chi connectivity index (χ0n) is 9.64. The second-order valence-corrected chi connectivity index (χ2v) is 4.18. The number of hydrogen-bond acceptors (Lipinski definition) is 4. The van der Waals surface area contributed by atoms with Crippen molar-refractivity contribution in [3.05, 3.63) is 41.1 Å². The Balaban J connectivity index is 1.98. The molecule has 0 saturated heterocycles. The Morgan fingerprint density at radius 3 is 3.16 bits per heavy atom. The summed E-state index contributed by atoms with van der Waals surface area (Å²) in [6.07, 6.45) is 4.96. The van der Waals surface area contributed by atoms with Gasteiger partial charge < -0.3 is 9.97 Å². The molecule has 19 heavy (non-hydrogen) atoms. The molecule has 2 aromatic heterocycles. The van der Waals surface area contributed by atoms with Gasteiger partial charge in [0.05, 0.1) is 17.6 Å². The Morgan fingerprint density at radius 2 is 2.21 bits per heavy atom. The van der Waals surface area contributed by atoms with E-state index in [0.29, 0.717) is 16.9 Å². The second-order valence-electron chi connectivity index (χ2n) is 4.18. The van der Waals surface area contributed by atoms with Crippen molar-refractivity contribution in [2.75, 3.05) is 0 Å². The lowest BCUT2D eigenvalue weighted by molar-refractivity contribution is 1.09. The minimum absolute atomic E-state index is 0.218. The topological polar surface area (TPSA) is 103 Å². The number of pyridine rings is 1. The molecule has 0 radical (unpaired) electrons. The normalized spacial score (nSPS) is 11.4. The quantitative estimate of drug-likeness (QED) is 0.472. The molecule has 4 rings (SSSR count). The van der Waals surface area contributed by atoms with E-state index in [4.69, 9.17) is 0 Å². The van der Waals surface area contributed by atoms with Gasteiger partial charge in [0, 0.05) is 18.0 Å². The maximum Gasteiger partial charge on any atom is 0.262 e. The van der Waals surface area contributed by atoms with Gasteiger partial charge in [-0.25, -0.2) is 4.98 Å². The lowest BCUT2D eigenvalue weighted by atomic mass is 10.2. The number of rotatable bonds is 1. The fraction of sp³-hybridized carbons (Fsp3) is 0. The van der Waals surface area contributed by atoms with Crippen LogP contribution in [0.25, 0.3) is 33.8 Å². The monoisotopic (exact) mass is 252 g/mol. The molecule has 2 aliphatic heterocycles. The van der Waals surface area contributed by atoms with Crippen LogP contribution in [0.3, 0.4) is 0 Å². The van der Waals surface area contributed by atoms with Crippen LogP contribution in [0.2, 0.25) is 0 Å². The van der Waals surface area contributed by atoms with Crippen LogP contribution in [0.15, 0.2) is 35.5 Å². The van der Waals surface area contributed by atoms with Crippen molar-refractivity contribution in [1.82, 2.24) is 30.1 Å². The van der Waals surface area contributed by atoms with Gasteiger partial charge in [0.2, 0.25) is 0 Å². The number of aromatic nitrogens is 6. The fourth-order valence-electron chi connectivity index (χ4n) is 2.05. The largest absolute Gasteiger partial charge is 0.359 e. The Labute approximate surface area is 106 Å². The van der Waals surface area contributed by atoms with Crippen LogP contribution in [-0.4, -0.2) is 30.1 Å². The predicted octanol–water partition coefficient (Wildman–Crippen LogP) is 1.14. The SMILES string of the molecule is O=c1[nH]c(-c2c[nH]c3ccnc-3c2)nc2[nH]ncc12. The lowest BCUT2D eigenvalue weighted by Crippen LogP contribution is -2.08. The molecule has 0 atom stereocenters. The highest BCUT2D eigenvalue weighted by atomic mass is 16.1. The first-order valence-corrected chi connectivity index (χ1v) is 5.68. The molecule has 0 aliphatic carbocycles. The standard InChI is InChI=1S/C12H8N6O/c19-12-7-5-15-18-11(7)16-10(17-12)6-3-9-8(14-4-6)1-2-13-9/h1-5,14H,(H2,15,16,17,18,19). The van der Waals surface area contributed by atoms with Gasteiger partial charge in [-0.1, -0.05) is 0 Å². The van der Waals surface area contributed by atoms with E-state index in [1.54, 1.807) is 12.4 Å². The Kier molecular flexibility index (Phi) is 1.85. The summed E-state index contributed by atoms with van der Waals surface area (Å²) >= 11 is 0. The van der Waals surface area contributed by atoms with E-state index in [9.17, 15) is 4.79 Å². The Hall–Kier alpha value is -2.96. The third kappa shape index (κ3) is 1.45. The van der Waals surface area contributed by atoms with Gasteiger partial charge >= 0.3 is 0 Å². The van der Waals surface area contributed by atoms with Crippen molar-refractivity contribution < 1.29 is 0 Å². The Bertz CT molecular complexity index is 902. The van der Waals surface area contributed by atoms with Crippen molar-refractivity contribution in [1.29, 1.82) is 0 Å². The number of fused-ring (bicyclic) bond motifs is 2. The van der Waals surface area contributed by atoms with Crippen LogP contribution >= 0.6 is 0 Å². The van der Waals surface area contributed by atoms with E-state index >= 15 is 0 Å². The fourth-order valence-corrected chi connectivity index (χ4v) is 2.05. The zero-order chi connectivity index (χ0) is 12.8. The average molecular weight is 252 g/mol. The predicted molar refractivity (Wildman–Crippen MR) is 68.7 cm³/mol. The maximum atomic E-state index is 11.9. The van der Waals surface area contributed by atoms with E-state index < -0.39 is 0 Å². The molecule has 2 aromatic rings. The van der Waals surface area contributed by atoms with Crippen LogP contribution in [0.5, 0.6) is 0 Å². The van der Waals surface area contributed by atoms with Gasteiger partial charge in [-0.3, -0.25) is 14.9 Å². The van der Waals surface area contributed by atoms with Gasteiger partial charge in [0.25, 0.3) is 5.56 Å². The first kappa shape index (κ1) is 10.0. The van der Waals surface area contributed by atoms with E-state index in [1.165, 1.54) is 6.20 Å². The van der Waals surface area contributed by atoms with Crippen LogP contribution < -0.4 is 5.56 Å². The van der Waals surface area contributed by atoms with Gasteiger partial charge in [0.1, 0.15) is 11.2 Å². The number of nitrogens with one attached hydrogen (secondary N) is 3. The molecule has 2 aliphatic rings. The van der Waals surface area contributed by atoms with Gasteiger partial charge in [-0.15, -0.1) is 0 Å². The molecular weight excluding hydrogens is 244 g/mol. The van der Waals surface area contributed by atoms with E-state index in [1.807, 2.05) is 12.1 Å². The summed E-state index contributed by atoms with van der Waals surface area (Å²) in [7, 11) is 0. The summed E-state index contributed by atoms with van der Waals surface area (Å²) < 4.78 is 0. The molecular formula is C12H8N6O. The molecule has 4 heterocycles. The minimum atomic E-state index is -0.218. The second kappa shape index (κ2) is 3.52. The molecule has 7 heteroatoms. The highest BCUT2D eigenvalue weighted by Gasteiger charge is 2.10. The highest BCUT2D eigenvalue weighted by Crippen LogP contribution is 2.22. The molecule has 0 saturated carbocycles. The molecule has 92 valence electrons. The third-order valence-electron chi connectivity index (χ3n) is 3.00. The number of aromatic amines is 3. The maximum absolute atomic E-state index is 11.9. The van der Waals surface area contributed by atoms with Crippen molar-refractivity contribution in [3.8, 4) is 22.8 Å². The summed E-state index contributed by atoms with van der Waals surface area (Å²) in [5.74, 6) is 0.475. The molecule has 0 bridgehead atoms. The van der Waals surface area contributed by atoms with Crippen LogP contribution in [0.4, 0.5) is 0 Å². The first-order chi connectivity index (χ1) is 9.31. The third-order valence-corrected chi connectivity index (χ3v) is 3.00. The van der Waals surface area contributed by atoms with Crippen LogP contribution in [0.1, 0.15) is 0 Å². The molecule has 7 nitrogen and oxygen atoms in total. The molecule has 0 spiro atoms. The average Bonchev–Trinajstić information content (AvgIpc) is 3.06. The van der Waals surface area contributed by atoms with E-state index in [0.717, 1.165) is 17.0 Å².